The van der Waals surface area contributed by atoms with Gasteiger partial charge in [-0.05, 0) is 62.4 Å². The second-order valence-electron chi connectivity index (χ2n) is 13.7. The summed E-state index contributed by atoms with van der Waals surface area (Å²) >= 11 is 0. The van der Waals surface area contributed by atoms with Crippen LogP contribution in [-0.2, 0) is 0 Å². The average Bonchev–Trinajstić information content (AvgIpc) is 3.18. The van der Waals surface area contributed by atoms with E-state index in [0.29, 0.717) is 17.5 Å². The molecule has 1 heterocycles. The van der Waals surface area contributed by atoms with Gasteiger partial charge in [0.1, 0.15) is 0 Å². The lowest BCUT2D eigenvalue weighted by molar-refractivity contribution is 1.07. The Morgan fingerprint density at radius 3 is 1.22 bits per heavy atom. The van der Waals surface area contributed by atoms with Crippen LogP contribution in [0.2, 0.25) is 19.6 Å². The fourth-order valence-corrected chi connectivity index (χ4v) is 8.33. The Labute approximate surface area is 295 Å². The second-order valence-corrected chi connectivity index (χ2v) is 18.8. The van der Waals surface area contributed by atoms with Gasteiger partial charge in [0.25, 0.3) is 0 Å². The molecule has 8 rings (SSSR count). The number of benzene rings is 7. The fraction of sp³-hybridized carbons (Fsp3) is 0.0652. The van der Waals surface area contributed by atoms with Gasteiger partial charge in [-0.3, -0.25) is 0 Å². The van der Waals surface area contributed by atoms with Gasteiger partial charge in [0.05, 0.1) is 8.07 Å². The summed E-state index contributed by atoms with van der Waals surface area (Å²) in [4.78, 5) is 14.8. The van der Waals surface area contributed by atoms with Gasteiger partial charge >= 0.3 is 0 Å². The summed E-state index contributed by atoms with van der Waals surface area (Å²) in [5.74, 6) is 1.96. The van der Waals surface area contributed by atoms with E-state index in [1.54, 1.807) is 0 Å². The molecule has 1 aromatic heterocycles. The number of rotatable bonds is 7. The van der Waals surface area contributed by atoms with Crippen molar-refractivity contribution in [1.82, 2.24) is 15.0 Å². The van der Waals surface area contributed by atoms with Gasteiger partial charge in [-0.2, -0.15) is 0 Å². The number of aromatic nitrogens is 3. The summed E-state index contributed by atoms with van der Waals surface area (Å²) < 4.78 is 0. The Kier molecular flexibility index (Phi) is 8.23. The van der Waals surface area contributed by atoms with Crippen molar-refractivity contribution in [3.63, 3.8) is 0 Å². The Balaban J connectivity index is 1.17. The quantitative estimate of drug-likeness (QED) is 0.160. The van der Waals surface area contributed by atoms with E-state index in [2.05, 4.69) is 129 Å². The topological polar surface area (TPSA) is 38.7 Å². The van der Waals surface area contributed by atoms with Crippen molar-refractivity contribution >= 4 is 24.0 Å². The van der Waals surface area contributed by atoms with Gasteiger partial charge in [0.2, 0.25) is 0 Å². The molecule has 0 saturated carbocycles. The van der Waals surface area contributed by atoms with Crippen LogP contribution >= 0.6 is 0 Å². The first kappa shape index (κ1) is 31.3. The van der Waals surface area contributed by atoms with E-state index in [-0.39, 0.29) is 0 Å². The standard InChI is InChI=1S/C46H37N3Si/c1-50(2,3)43-28-27-40(41-25-10-11-26-42(41)43)38-23-13-21-36(30-38)34-19-12-20-35(29-34)37-22-14-24-39(31-37)46-48-44(32-15-6-4-7-16-32)47-45(49-46)33-17-8-5-9-18-33/h4-31H,1-3H3. The first-order valence-electron chi connectivity index (χ1n) is 17.1. The molecular weight excluding hydrogens is 623 g/mol. The minimum atomic E-state index is -1.50. The van der Waals surface area contributed by atoms with E-state index in [4.69, 9.17) is 15.0 Å². The van der Waals surface area contributed by atoms with Crippen molar-refractivity contribution in [2.45, 2.75) is 19.6 Å². The summed E-state index contributed by atoms with van der Waals surface area (Å²) in [6.45, 7) is 7.27. The molecule has 50 heavy (non-hydrogen) atoms. The molecule has 0 bridgehead atoms. The van der Waals surface area contributed by atoms with E-state index >= 15 is 0 Å². The molecule has 7 aromatic carbocycles. The molecule has 4 heteroatoms. The zero-order valence-corrected chi connectivity index (χ0v) is 29.5. The van der Waals surface area contributed by atoms with Crippen LogP contribution in [-0.4, -0.2) is 23.0 Å². The maximum atomic E-state index is 4.96. The zero-order chi connectivity index (χ0) is 34.1. The predicted octanol–water partition coefficient (Wildman–Crippen LogP) is 11.6. The molecule has 240 valence electrons. The van der Waals surface area contributed by atoms with Gasteiger partial charge in [-0.25, -0.2) is 15.0 Å². The van der Waals surface area contributed by atoms with Gasteiger partial charge < -0.3 is 0 Å². The van der Waals surface area contributed by atoms with Crippen molar-refractivity contribution in [2.75, 3.05) is 0 Å². The van der Waals surface area contributed by atoms with E-state index in [1.807, 2.05) is 60.7 Å². The molecule has 0 unspecified atom stereocenters. The van der Waals surface area contributed by atoms with Crippen LogP contribution in [0.4, 0.5) is 0 Å². The van der Waals surface area contributed by atoms with E-state index in [0.717, 1.165) is 27.8 Å². The monoisotopic (exact) mass is 659 g/mol. The SMILES string of the molecule is C[Si](C)(C)c1ccc(-c2cccc(-c3cccc(-c4cccc(-c5nc(-c6ccccc6)nc(-c6ccccc6)n5)c4)c3)c2)c2ccccc12. The van der Waals surface area contributed by atoms with Gasteiger partial charge in [0.15, 0.2) is 17.5 Å². The van der Waals surface area contributed by atoms with Crippen LogP contribution < -0.4 is 5.19 Å². The van der Waals surface area contributed by atoms with Crippen LogP contribution in [0.15, 0.2) is 170 Å². The lowest BCUT2D eigenvalue weighted by Gasteiger charge is -2.21. The van der Waals surface area contributed by atoms with Crippen LogP contribution in [0.1, 0.15) is 0 Å². The molecule has 0 spiro atoms. The number of hydrogen-bond acceptors (Lipinski definition) is 3. The average molecular weight is 660 g/mol. The third kappa shape index (κ3) is 6.29. The maximum Gasteiger partial charge on any atom is 0.164 e. The Morgan fingerprint density at radius 2 is 0.700 bits per heavy atom. The van der Waals surface area contributed by atoms with Gasteiger partial charge in [-0.1, -0.05) is 176 Å². The Hall–Kier alpha value is -5.97. The van der Waals surface area contributed by atoms with E-state index in [1.165, 1.54) is 38.2 Å². The van der Waals surface area contributed by atoms with E-state index in [9.17, 15) is 0 Å². The molecule has 3 nitrogen and oxygen atoms in total. The van der Waals surface area contributed by atoms with Crippen LogP contribution in [0, 0.1) is 0 Å². The van der Waals surface area contributed by atoms with Crippen LogP contribution in [0.5, 0.6) is 0 Å². The molecule has 0 radical (unpaired) electrons. The smallest absolute Gasteiger partial charge is 0.164 e. The molecule has 0 fully saturated rings. The first-order valence-corrected chi connectivity index (χ1v) is 20.6. The molecule has 0 N–H and O–H groups in total. The highest BCUT2D eigenvalue weighted by Gasteiger charge is 2.20. The lowest BCUT2D eigenvalue weighted by Crippen LogP contribution is -2.38. The zero-order valence-electron chi connectivity index (χ0n) is 28.5. The second kappa shape index (κ2) is 13.1. The van der Waals surface area contributed by atoms with Crippen molar-refractivity contribution in [3.8, 4) is 67.5 Å². The third-order valence-corrected chi connectivity index (χ3v) is 11.3. The van der Waals surface area contributed by atoms with Crippen molar-refractivity contribution in [2.24, 2.45) is 0 Å². The predicted molar refractivity (Wildman–Crippen MR) is 213 cm³/mol. The minimum Gasteiger partial charge on any atom is -0.208 e. The molecule has 0 aliphatic heterocycles. The maximum absolute atomic E-state index is 4.96. The normalized spacial score (nSPS) is 11.5. The molecule has 0 aliphatic rings. The number of nitrogens with zero attached hydrogens (tertiary/aromatic N) is 3. The minimum absolute atomic E-state index is 0.649. The third-order valence-electron chi connectivity index (χ3n) is 9.26. The van der Waals surface area contributed by atoms with Crippen LogP contribution in [0.3, 0.4) is 0 Å². The van der Waals surface area contributed by atoms with Gasteiger partial charge in [-0.15, -0.1) is 0 Å². The summed E-state index contributed by atoms with van der Waals surface area (Å²) in [7, 11) is -1.50. The van der Waals surface area contributed by atoms with Crippen molar-refractivity contribution < 1.29 is 0 Å². The summed E-state index contributed by atoms with van der Waals surface area (Å²) in [6.07, 6.45) is 0. The summed E-state index contributed by atoms with van der Waals surface area (Å²) in [5, 5.41) is 4.20. The molecule has 8 aromatic rings. The highest BCUT2D eigenvalue weighted by atomic mass is 28.3. The first-order chi connectivity index (χ1) is 24.4. The molecule has 0 atom stereocenters. The van der Waals surface area contributed by atoms with Gasteiger partial charge in [0, 0.05) is 16.7 Å². The van der Waals surface area contributed by atoms with Crippen molar-refractivity contribution in [3.05, 3.63) is 170 Å². The number of hydrogen-bond donors (Lipinski definition) is 0. The largest absolute Gasteiger partial charge is 0.208 e. The van der Waals surface area contributed by atoms with Crippen LogP contribution in [0.25, 0.3) is 78.3 Å². The molecule has 0 amide bonds. The molecular formula is C46H37N3Si. The Bertz CT molecular complexity index is 2410. The highest BCUT2D eigenvalue weighted by Crippen LogP contribution is 2.34. The fourth-order valence-electron chi connectivity index (χ4n) is 6.72. The summed E-state index contributed by atoms with van der Waals surface area (Å²) in [6, 6.07) is 60.0. The molecule has 0 aliphatic carbocycles. The molecule has 0 saturated heterocycles. The van der Waals surface area contributed by atoms with E-state index < -0.39 is 8.07 Å². The summed E-state index contributed by atoms with van der Waals surface area (Å²) in [5.41, 5.74) is 9.98. The number of fused-ring (bicyclic) bond motifs is 1. The highest BCUT2D eigenvalue weighted by molar-refractivity contribution is 6.90. The van der Waals surface area contributed by atoms with Crippen molar-refractivity contribution in [1.29, 1.82) is 0 Å². The lowest BCUT2D eigenvalue weighted by atomic mass is 9.94. The Morgan fingerprint density at radius 1 is 0.320 bits per heavy atom.